The number of carbonyl (C=O) groups is 1. The van der Waals surface area contributed by atoms with Gasteiger partial charge in [-0.05, 0) is 30.2 Å². The van der Waals surface area contributed by atoms with E-state index in [0.29, 0.717) is 29.4 Å². The normalized spacial score (nSPS) is 14.2. The van der Waals surface area contributed by atoms with Gasteiger partial charge in [0.2, 0.25) is 5.91 Å². The largest absolute Gasteiger partial charge is 0.383 e. The Morgan fingerprint density at radius 1 is 1.38 bits per heavy atom. The summed E-state index contributed by atoms with van der Waals surface area (Å²) in [4.78, 5) is 18.3. The van der Waals surface area contributed by atoms with E-state index in [0.717, 1.165) is 10.4 Å². The van der Waals surface area contributed by atoms with E-state index in [1.54, 1.807) is 35.5 Å². The Labute approximate surface area is 157 Å². The van der Waals surface area contributed by atoms with Gasteiger partial charge < -0.3 is 9.64 Å². The van der Waals surface area contributed by atoms with E-state index in [1.807, 2.05) is 0 Å². The van der Waals surface area contributed by atoms with Crippen LogP contribution in [-0.4, -0.2) is 51.0 Å². The number of anilines is 1. The first-order chi connectivity index (χ1) is 12.4. The van der Waals surface area contributed by atoms with Gasteiger partial charge in [-0.1, -0.05) is 0 Å². The maximum Gasteiger partial charge on any atom is 0.273 e. The molecule has 0 unspecified atom stereocenters. The van der Waals surface area contributed by atoms with Crippen LogP contribution in [0.2, 0.25) is 0 Å². The summed E-state index contributed by atoms with van der Waals surface area (Å²) in [6.45, 7) is 3.12. The topological polar surface area (TPSA) is 79.8 Å². The number of hydrogen-bond acceptors (Lipinski definition) is 6. The Hall–Kier alpha value is -1.97. The molecule has 140 valence electrons. The van der Waals surface area contributed by atoms with Crippen LogP contribution in [0, 0.1) is 0 Å². The van der Waals surface area contributed by atoms with Crippen molar-refractivity contribution < 1.29 is 17.9 Å². The van der Waals surface area contributed by atoms with E-state index in [4.69, 9.17) is 4.74 Å². The minimum Gasteiger partial charge on any atom is -0.383 e. The van der Waals surface area contributed by atoms with Crippen LogP contribution in [0.4, 0.5) is 5.69 Å². The highest BCUT2D eigenvalue weighted by atomic mass is 32.2. The lowest BCUT2D eigenvalue weighted by Gasteiger charge is -2.25. The summed E-state index contributed by atoms with van der Waals surface area (Å²) < 4.78 is 33.2. The fraction of sp³-hybridized carbons (Fsp3) is 0.412. The molecular weight excluding hydrogens is 374 g/mol. The van der Waals surface area contributed by atoms with Gasteiger partial charge in [-0.25, -0.2) is 8.42 Å². The number of ether oxygens (including phenoxy) is 1. The van der Waals surface area contributed by atoms with Crippen LogP contribution in [0.5, 0.6) is 0 Å². The Morgan fingerprint density at radius 3 is 2.77 bits per heavy atom. The third-order valence-corrected chi connectivity index (χ3v) is 7.80. The molecule has 1 aliphatic rings. The average Bonchev–Trinajstić information content (AvgIpc) is 3.07. The zero-order valence-corrected chi connectivity index (χ0v) is 16.3. The first kappa shape index (κ1) is 18.8. The molecule has 9 heteroatoms. The number of rotatable bonds is 6. The van der Waals surface area contributed by atoms with Gasteiger partial charge >= 0.3 is 0 Å². The molecule has 0 saturated heterocycles. The SMILES string of the molecule is COCCN(c1ccncc1)S(=O)(=O)c1cc2c(s1)CCN(C(C)=O)C2. The molecule has 0 aromatic carbocycles. The smallest absolute Gasteiger partial charge is 0.273 e. The molecule has 26 heavy (non-hydrogen) atoms. The summed E-state index contributed by atoms with van der Waals surface area (Å²) in [6, 6.07) is 5.03. The number of nitrogens with zero attached hydrogens (tertiary/aromatic N) is 3. The van der Waals surface area contributed by atoms with Crippen molar-refractivity contribution in [1.82, 2.24) is 9.88 Å². The summed E-state index contributed by atoms with van der Waals surface area (Å²) in [5.74, 6) is 0.00441. The lowest BCUT2D eigenvalue weighted by Crippen LogP contribution is -2.33. The molecule has 3 heterocycles. The van der Waals surface area contributed by atoms with Gasteiger partial charge in [0, 0.05) is 44.4 Å². The Bertz CT molecular complexity index is 881. The van der Waals surface area contributed by atoms with Crippen LogP contribution in [0.25, 0.3) is 0 Å². The van der Waals surface area contributed by atoms with Crippen LogP contribution in [0.15, 0.2) is 34.8 Å². The summed E-state index contributed by atoms with van der Waals surface area (Å²) >= 11 is 1.29. The molecule has 7 nitrogen and oxygen atoms in total. The van der Waals surface area contributed by atoms with Gasteiger partial charge in [-0.2, -0.15) is 0 Å². The van der Waals surface area contributed by atoms with E-state index in [-0.39, 0.29) is 19.1 Å². The second-order valence-corrected chi connectivity index (χ2v) is 9.21. The van der Waals surface area contributed by atoms with Gasteiger partial charge in [0.05, 0.1) is 18.8 Å². The molecule has 0 aliphatic carbocycles. The number of hydrogen-bond donors (Lipinski definition) is 0. The molecule has 0 fully saturated rings. The highest BCUT2D eigenvalue weighted by Gasteiger charge is 2.30. The third-order valence-electron chi connectivity index (χ3n) is 4.28. The van der Waals surface area contributed by atoms with Crippen LogP contribution < -0.4 is 4.31 Å². The predicted molar refractivity (Wildman–Crippen MR) is 99.8 cm³/mol. The lowest BCUT2D eigenvalue weighted by molar-refractivity contribution is -0.129. The number of amides is 1. The van der Waals surface area contributed by atoms with E-state index < -0.39 is 10.0 Å². The minimum atomic E-state index is -3.72. The van der Waals surface area contributed by atoms with E-state index in [1.165, 1.54) is 29.7 Å². The third kappa shape index (κ3) is 3.74. The van der Waals surface area contributed by atoms with Crippen molar-refractivity contribution in [3.8, 4) is 0 Å². The Morgan fingerprint density at radius 2 is 2.12 bits per heavy atom. The number of aromatic nitrogens is 1. The van der Waals surface area contributed by atoms with Crippen molar-refractivity contribution >= 4 is 33.0 Å². The van der Waals surface area contributed by atoms with Gasteiger partial charge in [-0.15, -0.1) is 11.3 Å². The second kappa shape index (κ2) is 7.73. The number of fused-ring (bicyclic) bond motifs is 1. The van der Waals surface area contributed by atoms with Crippen molar-refractivity contribution in [3.63, 3.8) is 0 Å². The van der Waals surface area contributed by atoms with Gasteiger partial charge in [-0.3, -0.25) is 14.1 Å². The van der Waals surface area contributed by atoms with Crippen molar-refractivity contribution in [2.24, 2.45) is 0 Å². The molecule has 0 atom stereocenters. The number of carbonyl (C=O) groups excluding carboxylic acids is 1. The molecule has 3 rings (SSSR count). The zero-order chi connectivity index (χ0) is 18.7. The van der Waals surface area contributed by atoms with Crippen LogP contribution in [-0.2, 0) is 32.5 Å². The van der Waals surface area contributed by atoms with E-state index >= 15 is 0 Å². The van der Waals surface area contributed by atoms with E-state index in [9.17, 15) is 13.2 Å². The zero-order valence-electron chi connectivity index (χ0n) is 14.7. The van der Waals surface area contributed by atoms with Gasteiger partial charge in [0.25, 0.3) is 10.0 Å². The Kier molecular flexibility index (Phi) is 5.59. The molecule has 1 amide bonds. The molecule has 0 saturated carbocycles. The van der Waals surface area contributed by atoms with Gasteiger partial charge in [0.15, 0.2) is 0 Å². The monoisotopic (exact) mass is 395 g/mol. The van der Waals surface area contributed by atoms with Crippen LogP contribution in [0.1, 0.15) is 17.4 Å². The Balaban J connectivity index is 1.94. The molecule has 0 N–H and O–H groups in total. The number of methoxy groups -OCH3 is 1. The van der Waals surface area contributed by atoms with Crippen LogP contribution >= 0.6 is 11.3 Å². The standard InChI is InChI=1S/C17H21N3O4S2/c1-13(21)19-8-5-16-14(12-19)11-17(25-16)26(22,23)20(9-10-24-2)15-3-6-18-7-4-15/h3-4,6-7,11H,5,8-10,12H2,1-2H3. The summed E-state index contributed by atoms with van der Waals surface area (Å²) in [7, 11) is -2.18. The average molecular weight is 396 g/mol. The van der Waals surface area contributed by atoms with Crippen molar-refractivity contribution in [2.75, 3.05) is 31.1 Å². The second-order valence-electron chi connectivity index (χ2n) is 5.98. The summed E-state index contributed by atoms with van der Waals surface area (Å²) in [6.07, 6.45) is 3.81. The number of thiophene rings is 1. The highest BCUT2D eigenvalue weighted by Crippen LogP contribution is 2.34. The van der Waals surface area contributed by atoms with Crippen LogP contribution in [0.3, 0.4) is 0 Å². The maximum atomic E-state index is 13.3. The maximum absolute atomic E-state index is 13.3. The van der Waals surface area contributed by atoms with Crippen molar-refractivity contribution in [3.05, 3.63) is 41.0 Å². The quantitative estimate of drug-likeness (QED) is 0.746. The molecule has 0 spiro atoms. The van der Waals surface area contributed by atoms with Crippen molar-refractivity contribution in [2.45, 2.75) is 24.1 Å². The fourth-order valence-electron chi connectivity index (χ4n) is 2.88. The predicted octanol–water partition coefficient (Wildman–Crippen LogP) is 1.89. The first-order valence-electron chi connectivity index (χ1n) is 8.22. The molecule has 2 aromatic heterocycles. The molecule has 0 radical (unpaired) electrons. The highest BCUT2D eigenvalue weighted by molar-refractivity contribution is 7.94. The molecule has 1 aliphatic heterocycles. The minimum absolute atomic E-state index is 0.00441. The number of pyridine rings is 1. The van der Waals surface area contributed by atoms with Crippen molar-refractivity contribution in [1.29, 1.82) is 0 Å². The summed E-state index contributed by atoms with van der Waals surface area (Å²) in [5.41, 5.74) is 1.46. The van der Waals surface area contributed by atoms with E-state index in [2.05, 4.69) is 4.98 Å². The molecule has 0 bridgehead atoms. The fourth-order valence-corrected chi connectivity index (χ4v) is 5.99. The first-order valence-corrected chi connectivity index (χ1v) is 10.5. The molecular formula is C17H21N3O4S2. The van der Waals surface area contributed by atoms with Gasteiger partial charge in [0.1, 0.15) is 4.21 Å². The molecule has 2 aromatic rings. The number of sulfonamides is 1. The lowest BCUT2D eigenvalue weighted by atomic mass is 10.1. The summed E-state index contributed by atoms with van der Waals surface area (Å²) in [5, 5.41) is 0.